The first-order chi connectivity index (χ1) is 8.98. The molecule has 0 aliphatic heterocycles. The van der Waals surface area contributed by atoms with Crippen LogP contribution >= 0.6 is 15.9 Å². The number of hydrogen-bond acceptors (Lipinski definition) is 4. The van der Waals surface area contributed by atoms with Crippen molar-refractivity contribution in [2.75, 3.05) is 11.5 Å². The third-order valence-corrected chi connectivity index (χ3v) is 5.67. The van der Waals surface area contributed by atoms with Gasteiger partial charge in [0, 0.05) is 16.3 Å². The Morgan fingerprint density at radius 1 is 1.37 bits per heavy atom. The van der Waals surface area contributed by atoms with Crippen LogP contribution in [0, 0.1) is 0 Å². The second-order valence-electron chi connectivity index (χ2n) is 4.54. The van der Waals surface area contributed by atoms with Gasteiger partial charge >= 0.3 is 0 Å². The topological polar surface area (TPSA) is 72.2 Å². The minimum atomic E-state index is -2.88. The quantitative estimate of drug-likeness (QED) is 0.557. The van der Waals surface area contributed by atoms with E-state index in [4.69, 9.17) is 5.84 Å². The minimum Gasteiger partial charge on any atom is -0.271 e. The van der Waals surface area contributed by atoms with Gasteiger partial charge in [-0.25, -0.2) is 8.42 Å². The Balaban J connectivity index is 2.49. The molecule has 1 aromatic carbocycles. The molecule has 0 amide bonds. The molecule has 19 heavy (non-hydrogen) atoms. The van der Waals surface area contributed by atoms with E-state index in [0.29, 0.717) is 6.42 Å². The average Bonchev–Trinajstić information content (AvgIpc) is 2.39. The van der Waals surface area contributed by atoms with E-state index >= 15 is 0 Å². The SMILES string of the molecule is CCS(=O)(=O)CCCC(Cc1ccccc1Br)NN. The minimum absolute atomic E-state index is 0.0887. The number of rotatable bonds is 8. The van der Waals surface area contributed by atoms with Crippen molar-refractivity contribution >= 4 is 25.8 Å². The number of hydrazine groups is 1. The first-order valence-corrected chi connectivity index (χ1v) is 9.00. The molecule has 6 heteroatoms. The average molecular weight is 349 g/mol. The van der Waals surface area contributed by atoms with Crippen LogP contribution in [0.4, 0.5) is 0 Å². The van der Waals surface area contributed by atoms with E-state index in [9.17, 15) is 8.42 Å². The highest BCUT2D eigenvalue weighted by molar-refractivity contribution is 9.10. The second kappa shape index (κ2) is 7.99. The van der Waals surface area contributed by atoms with Crippen molar-refractivity contribution in [2.45, 2.75) is 32.2 Å². The monoisotopic (exact) mass is 348 g/mol. The number of hydrogen-bond donors (Lipinski definition) is 2. The third kappa shape index (κ3) is 6.03. The summed E-state index contributed by atoms with van der Waals surface area (Å²) in [6.45, 7) is 1.68. The number of halogens is 1. The summed E-state index contributed by atoms with van der Waals surface area (Å²) in [7, 11) is -2.88. The lowest BCUT2D eigenvalue weighted by atomic mass is 10.0. The van der Waals surface area contributed by atoms with Crippen LogP contribution in [0.2, 0.25) is 0 Å². The molecular weight excluding hydrogens is 328 g/mol. The van der Waals surface area contributed by atoms with Crippen LogP contribution in [-0.4, -0.2) is 26.0 Å². The predicted octanol–water partition coefficient (Wildman–Crippen LogP) is 2.04. The zero-order valence-electron chi connectivity index (χ0n) is 11.1. The smallest absolute Gasteiger partial charge is 0.150 e. The Bertz CT molecular complexity index is 491. The predicted molar refractivity (Wildman–Crippen MR) is 82.5 cm³/mol. The molecule has 4 nitrogen and oxygen atoms in total. The lowest BCUT2D eigenvalue weighted by Gasteiger charge is -2.16. The van der Waals surface area contributed by atoms with Gasteiger partial charge in [0.15, 0.2) is 0 Å². The highest BCUT2D eigenvalue weighted by atomic mass is 79.9. The van der Waals surface area contributed by atoms with Crippen LogP contribution in [0.15, 0.2) is 28.7 Å². The Hall–Kier alpha value is -0.430. The van der Waals surface area contributed by atoms with Gasteiger partial charge in [-0.05, 0) is 30.9 Å². The second-order valence-corrected chi connectivity index (χ2v) is 7.86. The highest BCUT2D eigenvalue weighted by Crippen LogP contribution is 2.18. The van der Waals surface area contributed by atoms with E-state index in [-0.39, 0.29) is 17.5 Å². The fraction of sp³-hybridized carbons (Fsp3) is 0.538. The van der Waals surface area contributed by atoms with Crippen LogP contribution in [0.3, 0.4) is 0 Å². The van der Waals surface area contributed by atoms with Crippen molar-refractivity contribution in [1.82, 2.24) is 5.43 Å². The third-order valence-electron chi connectivity index (χ3n) is 3.11. The lowest BCUT2D eigenvalue weighted by molar-refractivity contribution is 0.484. The molecule has 0 heterocycles. The molecule has 108 valence electrons. The molecule has 0 saturated carbocycles. The van der Waals surface area contributed by atoms with Crippen LogP contribution in [0.5, 0.6) is 0 Å². The number of benzene rings is 1. The maximum absolute atomic E-state index is 11.4. The van der Waals surface area contributed by atoms with Crippen molar-refractivity contribution in [3.8, 4) is 0 Å². The van der Waals surface area contributed by atoms with E-state index in [1.165, 1.54) is 5.56 Å². The standard InChI is InChI=1S/C13H21BrN2O2S/c1-2-19(17,18)9-5-7-12(16-15)10-11-6-3-4-8-13(11)14/h3-4,6,8,12,16H,2,5,7,9-10,15H2,1H3. The summed E-state index contributed by atoms with van der Waals surface area (Å²) in [5.74, 6) is 5.98. The maximum Gasteiger partial charge on any atom is 0.150 e. The van der Waals surface area contributed by atoms with Gasteiger partial charge in [-0.2, -0.15) is 0 Å². The van der Waals surface area contributed by atoms with Crippen LogP contribution in [0.25, 0.3) is 0 Å². The molecule has 0 bridgehead atoms. The normalized spacial score (nSPS) is 13.4. The number of nitrogens with one attached hydrogen (secondary N) is 1. The van der Waals surface area contributed by atoms with E-state index in [1.54, 1.807) is 6.92 Å². The largest absolute Gasteiger partial charge is 0.271 e. The molecule has 1 rings (SSSR count). The van der Waals surface area contributed by atoms with Crippen molar-refractivity contribution in [3.63, 3.8) is 0 Å². The van der Waals surface area contributed by atoms with E-state index < -0.39 is 9.84 Å². The van der Waals surface area contributed by atoms with Gasteiger partial charge in [0.2, 0.25) is 0 Å². The molecule has 1 atom stereocenters. The molecule has 0 spiro atoms. The van der Waals surface area contributed by atoms with E-state index in [1.807, 2.05) is 24.3 Å². The molecule has 3 N–H and O–H groups in total. The van der Waals surface area contributed by atoms with Gasteiger partial charge < -0.3 is 0 Å². The molecule has 0 aromatic heterocycles. The van der Waals surface area contributed by atoms with Gasteiger partial charge in [0.25, 0.3) is 0 Å². The lowest BCUT2D eigenvalue weighted by Crippen LogP contribution is -2.37. The van der Waals surface area contributed by atoms with E-state index in [0.717, 1.165) is 17.3 Å². The molecule has 0 fully saturated rings. The Morgan fingerprint density at radius 2 is 2.05 bits per heavy atom. The molecule has 0 aliphatic carbocycles. The summed E-state index contributed by atoms with van der Waals surface area (Å²) >= 11 is 3.50. The van der Waals surface area contributed by atoms with Gasteiger partial charge in [-0.1, -0.05) is 41.1 Å². The number of sulfone groups is 1. The van der Waals surface area contributed by atoms with Crippen LogP contribution < -0.4 is 11.3 Å². The summed E-state index contributed by atoms with van der Waals surface area (Å²) in [4.78, 5) is 0. The van der Waals surface area contributed by atoms with E-state index in [2.05, 4.69) is 21.4 Å². The Morgan fingerprint density at radius 3 is 2.63 bits per heavy atom. The fourth-order valence-electron chi connectivity index (χ4n) is 1.87. The first-order valence-electron chi connectivity index (χ1n) is 6.38. The highest BCUT2D eigenvalue weighted by Gasteiger charge is 2.12. The molecule has 0 radical (unpaired) electrons. The summed E-state index contributed by atoms with van der Waals surface area (Å²) < 4.78 is 23.9. The van der Waals surface area contributed by atoms with Crippen molar-refractivity contribution in [3.05, 3.63) is 34.3 Å². The van der Waals surface area contributed by atoms with Crippen LogP contribution in [0.1, 0.15) is 25.3 Å². The fourth-order valence-corrected chi connectivity index (χ4v) is 3.21. The summed E-state index contributed by atoms with van der Waals surface area (Å²) in [6, 6.07) is 8.06. The van der Waals surface area contributed by atoms with Crippen molar-refractivity contribution < 1.29 is 8.42 Å². The van der Waals surface area contributed by atoms with Gasteiger partial charge in [-0.15, -0.1) is 0 Å². The molecular formula is C13H21BrN2O2S. The van der Waals surface area contributed by atoms with Crippen molar-refractivity contribution in [1.29, 1.82) is 0 Å². The Kier molecular flexibility index (Phi) is 6.99. The summed E-state index contributed by atoms with van der Waals surface area (Å²) in [5, 5.41) is 0. The Labute approximate surface area is 123 Å². The first kappa shape index (κ1) is 16.6. The van der Waals surface area contributed by atoms with Crippen molar-refractivity contribution in [2.24, 2.45) is 5.84 Å². The summed E-state index contributed by atoms with van der Waals surface area (Å²) in [6.07, 6.45) is 2.16. The zero-order valence-corrected chi connectivity index (χ0v) is 13.5. The van der Waals surface area contributed by atoms with Gasteiger partial charge in [0.1, 0.15) is 9.84 Å². The summed E-state index contributed by atoms with van der Waals surface area (Å²) in [5.41, 5.74) is 3.94. The zero-order chi connectivity index (χ0) is 14.3. The molecule has 0 saturated heterocycles. The number of nitrogens with two attached hydrogens (primary N) is 1. The maximum atomic E-state index is 11.4. The molecule has 0 aliphatic rings. The van der Waals surface area contributed by atoms with Gasteiger partial charge in [-0.3, -0.25) is 11.3 Å². The molecule has 1 aromatic rings. The van der Waals surface area contributed by atoms with Gasteiger partial charge in [0.05, 0.1) is 5.75 Å². The molecule has 1 unspecified atom stereocenters. The van der Waals surface area contributed by atoms with Crippen LogP contribution in [-0.2, 0) is 16.3 Å².